The van der Waals surface area contributed by atoms with Gasteiger partial charge in [0.1, 0.15) is 22.6 Å². The number of hydrogen-bond acceptors (Lipinski definition) is 8. The van der Waals surface area contributed by atoms with Gasteiger partial charge in [0.15, 0.2) is 0 Å². The number of benzene rings is 2. The Kier molecular flexibility index (Phi) is 9.04. The van der Waals surface area contributed by atoms with Gasteiger partial charge in [-0.1, -0.05) is 12.1 Å². The third kappa shape index (κ3) is 9.71. The van der Waals surface area contributed by atoms with Gasteiger partial charge in [-0.2, -0.15) is 0 Å². The molecule has 3 rings (SSSR count). The molecule has 4 amide bonds. The number of carbonyl (C=O) groups is 4. The molecule has 0 saturated heterocycles. The Labute approximate surface area is 231 Å². The van der Waals surface area contributed by atoms with E-state index in [-0.39, 0.29) is 11.4 Å². The number of rotatable bonds is 6. The molecule has 0 atom stereocenters. The molecule has 0 spiro atoms. The average Bonchev–Trinajstić information content (AvgIpc) is 2.82. The van der Waals surface area contributed by atoms with Crippen molar-refractivity contribution >= 4 is 46.8 Å². The Hall–Kier alpha value is -5.00. The van der Waals surface area contributed by atoms with E-state index in [4.69, 9.17) is 9.47 Å². The van der Waals surface area contributed by atoms with E-state index >= 15 is 0 Å². The second-order valence-electron chi connectivity index (χ2n) is 10.6. The molecule has 12 nitrogen and oxygen atoms in total. The van der Waals surface area contributed by atoms with Crippen LogP contribution in [0, 0.1) is 0 Å². The van der Waals surface area contributed by atoms with Crippen LogP contribution < -0.4 is 21.3 Å². The molecule has 4 N–H and O–H groups in total. The Balaban J connectivity index is 1.59. The number of hydrogen-bond donors (Lipinski definition) is 4. The number of amides is 4. The molecule has 210 valence electrons. The number of anilines is 4. The molecule has 40 heavy (non-hydrogen) atoms. The van der Waals surface area contributed by atoms with Crippen LogP contribution in [0.4, 0.5) is 32.3 Å². The third-order valence-corrected chi connectivity index (χ3v) is 4.65. The molecular formula is C28H32N6O6. The smallest absolute Gasteiger partial charge is 0.412 e. The van der Waals surface area contributed by atoms with Gasteiger partial charge < -0.3 is 20.1 Å². The van der Waals surface area contributed by atoms with E-state index in [1.165, 1.54) is 12.4 Å². The summed E-state index contributed by atoms with van der Waals surface area (Å²) in [7, 11) is 0. The van der Waals surface area contributed by atoms with E-state index in [9.17, 15) is 19.2 Å². The zero-order chi connectivity index (χ0) is 29.5. The van der Waals surface area contributed by atoms with Crippen LogP contribution in [0.3, 0.4) is 0 Å². The van der Waals surface area contributed by atoms with Crippen LogP contribution in [0.1, 0.15) is 62.5 Å². The number of ether oxygens (including phenoxy) is 2. The third-order valence-electron chi connectivity index (χ3n) is 4.65. The van der Waals surface area contributed by atoms with Gasteiger partial charge in [0.05, 0.1) is 12.4 Å². The Morgan fingerprint density at radius 2 is 0.900 bits per heavy atom. The van der Waals surface area contributed by atoms with Gasteiger partial charge in [0, 0.05) is 22.7 Å². The first-order valence-electron chi connectivity index (χ1n) is 12.3. The summed E-state index contributed by atoms with van der Waals surface area (Å²) in [6.07, 6.45) is 1.10. The molecule has 2 aromatic carbocycles. The molecule has 0 radical (unpaired) electrons. The van der Waals surface area contributed by atoms with Gasteiger partial charge in [-0.05, 0) is 77.9 Å². The summed E-state index contributed by atoms with van der Waals surface area (Å²) in [5.41, 5.74) is 0.313. The van der Waals surface area contributed by atoms with Crippen LogP contribution in [0.25, 0.3) is 0 Å². The second-order valence-corrected chi connectivity index (χ2v) is 10.6. The summed E-state index contributed by atoms with van der Waals surface area (Å²) in [5.74, 6) is -1.12. The van der Waals surface area contributed by atoms with E-state index < -0.39 is 35.2 Å². The maximum Gasteiger partial charge on any atom is 0.412 e. The molecule has 1 aromatic heterocycles. The monoisotopic (exact) mass is 548 g/mol. The summed E-state index contributed by atoms with van der Waals surface area (Å²) in [6, 6.07) is 13.0. The van der Waals surface area contributed by atoms with Crippen molar-refractivity contribution in [1.82, 2.24) is 9.97 Å². The van der Waals surface area contributed by atoms with Crippen molar-refractivity contribution in [2.45, 2.75) is 52.7 Å². The fourth-order valence-corrected chi connectivity index (χ4v) is 3.15. The molecule has 0 aliphatic rings. The van der Waals surface area contributed by atoms with Crippen molar-refractivity contribution in [2.75, 3.05) is 21.3 Å². The van der Waals surface area contributed by atoms with Gasteiger partial charge >= 0.3 is 12.2 Å². The highest BCUT2D eigenvalue weighted by Crippen LogP contribution is 2.19. The fourth-order valence-electron chi connectivity index (χ4n) is 3.15. The van der Waals surface area contributed by atoms with Crippen LogP contribution in [0.5, 0.6) is 0 Å². The fraction of sp³-hybridized carbons (Fsp3) is 0.286. The quantitative estimate of drug-likeness (QED) is 0.306. The van der Waals surface area contributed by atoms with E-state index in [1.807, 2.05) is 0 Å². The zero-order valence-electron chi connectivity index (χ0n) is 23.1. The predicted molar refractivity (Wildman–Crippen MR) is 151 cm³/mol. The summed E-state index contributed by atoms with van der Waals surface area (Å²) >= 11 is 0. The van der Waals surface area contributed by atoms with Crippen molar-refractivity contribution in [3.8, 4) is 0 Å². The largest absolute Gasteiger partial charge is 0.444 e. The highest BCUT2D eigenvalue weighted by Gasteiger charge is 2.18. The predicted octanol–water partition coefficient (Wildman–Crippen LogP) is 5.68. The molecule has 1 heterocycles. The van der Waals surface area contributed by atoms with E-state index in [0.717, 1.165) is 0 Å². The zero-order valence-corrected chi connectivity index (χ0v) is 23.1. The maximum atomic E-state index is 12.6. The average molecular weight is 549 g/mol. The minimum Gasteiger partial charge on any atom is -0.444 e. The van der Waals surface area contributed by atoms with Crippen LogP contribution in [0.15, 0.2) is 60.9 Å². The lowest BCUT2D eigenvalue weighted by atomic mass is 10.2. The normalized spacial score (nSPS) is 11.2. The van der Waals surface area contributed by atoms with E-state index in [0.29, 0.717) is 22.7 Å². The lowest BCUT2D eigenvalue weighted by Crippen LogP contribution is -2.27. The minimum atomic E-state index is -0.652. The van der Waals surface area contributed by atoms with Gasteiger partial charge in [0.2, 0.25) is 0 Å². The molecule has 0 saturated carbocycles. The molecule has 3 aromatic rings. The summed E-state index contributed by atoms with van der Waals surface area (Å²) in [6.45, 7) is 10.5. The Morgan fingerprint density at radius 1 is 0.575 bits per heavy atom. The molecular weight excluding hydrogens is 516 g/mol. The first-order chi connectivity index (χ1) is 18.7. The number of nitrogens with zero attached hydrogens (tertiary/aromatic N) is 2. The van der Waals surface area contributed by atoms with E-state index in [1.54, 1.807) is 90.1 Å². The highest BCUT2D eigenvalue weighted by molar-refractivity contribution is 6.05. The van der Waals surface area contributed by atoms with Crippen LogP contribution in [-0.4, -0.2) is 45.2 Å². The van der Waals surface area contributed by atoms with Crippen LogP contribution in [-0.2, 0) is 9.47 Å². The van der Waals surface area contributed by atoms with Crippen molar-refractivity contribution in [1.29, 1.82) is 0 Å². The molecule has 0 aliphatic heterocycles. The molecule has 0 bridgehead atoms. The molecule has 12 heteroatoms. The topological polar surface area (TPSA) is 161 Å². The number of aromatic nitrogens is 2. The molecule has 0 aliphatic carbocycles. The first kappa shape index (κ1) is 29.6. The highest BCUT2D eigenvalue weighted by atomic mass is 16.6. The molecule has 0 fully saturated rings. The summed E-state index contributed by atoms with van der Waals surface area (Å²) < 4.78 is 10.5. The van der Waals surface area contributed by atoms with Crippen molar-refractivity contribution < 1.29 is 28.7 Å². The van der Waals surface area contributed by atoms with Crippen molar-refractivity contribution in [2.24, 2.45) is 0 Å². The van der Waals surface area contributed by atoms with Crippen LogP contribution >= 0.6 is 0 Å². The van der Waals surface area contributed by atoms with Gasteiger partial charge in [-0.25, -0.2) is 19.6 Å². The van der Waals surface area contributed by atoms with Crippen molar-refractivity contribution in [3.63, 3.8) is 0 Å². The standard InChI is InChI=1S/C28H32N6O6/c1-27(2,3)39-25(37)33-19-11-7-9-17(13-19)31-23(35)21-15-30-22(16-29-21)24(36)32-18-10-8-12-20(14-18)34-26(38)40-28(4,5)6/h7-16H,1-6H3,(H,31,35)(H,32,36)(H,33,37)(H,34,38). The SMILES string of the molecule is CC(C)(C)OC(=O)Nc1cccc(NC(=O)c2cnc(C(=O)Nc3cccc(NC(=O)OC(C)(C)C)c3)cn2)c1. The summed E-state index contributed by atoms with van der Waals surface area (Å²) in [4.78, 5) is 57.4. The number of nitrogens with one attached hydrogen (secondary N) is 4. The van der Waals surface area contributed by atoms with Gasteiger partial charge in [-0.15, -0.1) is 0 Å². The molecule has 0 unspecified atom stereocenters. The Bertz CT molecular complexity index is 1290. The minimum absolute atomic E-state index is 0.0226. The maximum absolute atomic E-state index is 12.6. The van der Waals surface area contributed by atoms with Gasteiger partial charge in [-0.3, -0.25) is 20.2 Å². The lowest BCUT2D eigenvalue weighted by molar-refractivity contribution is 0.0624. The van der Waals surface area contributed by atoms with E-state index in [2.05, 4.69) is 31.2 Å². The Morgan fingerprint density at radius 3 is 1.20 bits per heavy atom. The second kappa shape index (κ2) is 12.2. The van der Waals surface area contributed by atoms with Crippen molar-refractivity contribution in [3.05, 3.63) is 72.3 Å². The summed E-state index contributed by atoms with van der Waals surface area (Å²) in [5, 5.41) is 10.5. The lowest BCUT2D eigenvalue weighted by Gasteiger charge is -2.19. The van der Waals surface area contributed by atoms with Crippen LogP contribution in [0.2, 0.25) is 0 Å². The van der Waals surface area contributed by atoms with Gasteiger partial charge in [0.25, 0.3) is 11.8 Å². The first-order valence-corrected chi connectivity index (χ1v) is 12.3. The number of carbonyl (C=O) groups excluding carboxylic acids is 4.